The van der Waals surface area contributed by atoms with Gasteiger partial charge in [-0.1, -0.05) is 0 Å². The number of benzene rings is 2. The molecule has 142 valence electrons. The van der Waals surface area contributed by atoms with Crippen LogP contribution in [-0.2, 0) is 4.74 Å². The highest BCUT2D eigenvalue weighted by Crippen LogP contribution is 2.25. The third kappa shape index (κ3) is 4.86. The van der Waals surface area contributed by atoms with Crippen LogP contribution < -0.4 is 10.1 Å². The van der Waals surface area contributed by atoms with Crippen LogP contribution in [0.3, 0.4) is 0 Å². The highest BCUT2D eigenvalue weighted by Gasteiger charge is 2.17. The minimum Gasteiger partial charge on any atom is -0.490 e. The van der Waals surface area contributed by atoms with Crippen molar-refractivity contribution in [3.63, 3.8) is 0 Å². The monoisotopic (exact) mass is 369 g/mol. The van der Waals surface area contributed by atoms with Crippen molar-refractivity contribution in [1.29, 1.82) is 0 Å². The number of ether oxygens (including phenoxy) is 2. The Morgan fingerprint density at radius 1 is 1.07 bits per heavy atom. The first-order valence-corrected chi connectivity index (χ1v) is 8.94. The van der Waals surface area contributed by atoms with E-state index in [1.54, 1.807) is 19.1 Å². The molecule has 0 unspecified atom stereocenters. The van der Waals surface area contributed by atoms with Gasteiger partial charge in [0.25, 0.3) is 5.91 Å². The van der Waals surface area contributed by atoms with Gasteiger partial charge in [-0.15, -0.1) is 0 Å². The van der Waals surface area contributed by atoms with Gasteiger partial charge in [-0.25, -0.2) is 4.79 Å². The van der Waals surface area contributed by atoms with Crippen LogP contribution in [-0.4, -0.2) is 36.3 Å². The van der Waals surface area contributed by atoms with Crippen LogP contribution in [0.25, 0.3) is 0 Å². The van der Waals surface area contributed by atoms with Gasteiger partial charge in [0.15, 0.2) is 0 Å². The number of aryl methyl sites for hydroxylation is 2. The Balaban J connectivity index is 1.71. The number of carboxylic acid groups (broad SMARTS) is 1. The zero-order chi connectivity index (χ0) is 19.4. The summed E-state index contributed by atoms with van der Waals surface area (Å²) in [4.78, 5) is 23.7. The quantitative estimate of drug-likeness (QED) is 0.837. The van der Waals surface area contributed by atoms with Crippen LogP contribution in [0.5, 0.6) is 5.75 Å². The molecule has 6 heteroatoms. The van der Waals surface area contributed by atoms with Crippen molar-refractivity contribution < 1.29 is 24.2 Å². The summed E-state index contributed by atoms with van der Waals surface area (Å²) < 4.78 is 11.4. The first kappa shape index (κ1) is 18.9. The van der Waals surface area contributed by atoms with E-state index in [1.165, 1.54) is 12.1 Å². The molecule has 0 radical (unpaired) electrons. The third-order valence-corrected chi connectivity index (χ3v) is 4.48. The summed E-state index contributed by atoms with van der Waals surface area (Å²) in [5, 5.41) is 12.0. The number of carboxylic acids is 1. The molecule has 2 N–H and O–H groups in total. The predicted octanol–water partition coefficient (Wildman–Crippen LogP) is 3.81. The van der Waals surface area contributed by atoms with Crippen LogP contribution in [0.4, 0.5) is 5.69 Å². The number of carbonyl (C=O) groups excluding carboxylic acids is 1. The van der Waals surface area contributed by atoms with Crippen LogP contribution in [0.15, 0.2) is 36.4 Å². The number of aromatic carboxylic acids is 1. The van der Waals surface area contributed by atoms with Gasteiger partial charge in [-0.2, -0.15) is 0 Å². The zero-order valence-corrected chi connectivity index (χ0v) is 15.5. The third-order valence-electron chi connectivity index (χ3n) is 4.48. The van der Waals surface area contributed by atoms with Crippen LogP contribution in [0.2, 0.25) is 0 Å². The summed E-state index contributed by atoms with van der Waals surface area (Å²) in [6.07, 6.45) is 1.90. The molecule has 0 bridgehead atoms. The summed E-state index contributed by atoms with van der Waals surface area (Å²) in [5.74, 6) is -0.611. The van der Waals surface area contributed by atoms with E-state index in [0.717, 1.165) is 29.7 Å². The topological polar surface area (TPSA) is 84.9 Å². The molecule has 27 heavy (non-hydrogen) atoms. The van der Waals surface area contributed by atoms with E-state index in [1.807, 2.05) is 19.1 Å². The summed E-state index contributed by atoms with van der Waals surface area (Å²) in [5.41, 5.74) is 2.69. The lowest BCUT2D eigenvalue weighted by Gasteiger charge is -2.24. The Labute approximate surface area is 158 Å². The number of anilines is 1. The SMILES string of the molecule is Cc1cc(C(=O)O)cc(C(=O)Nc2ccc(OC3CCOCC3)c(C)c2)c1. The predicted molar refractivity (Wildman–Crippen MR) is 102 cm³/mol. The summed E-state index contributed by atoms with van der Waals surface area (Å²) in [6, 6.07) is 10.1. The van der Waals surface area contributed by atoms with Crippen molar-refractivity contribution in [2.75, 3.05) is 18.5 Å². The Morgan fingerprint density at radius 3 is 2.44 bits per heavy atom. The van der Waals surface area contributed by atoms with Crippen molar-refractivity contribution in [1.82, 2.24) is 0 Å². The Hall–Kier alpha value is -2.86. The van der Waals surface area contributed by atoms with E-state index < -0.39 is 5.97 Å². The fourth-order valence-electron chi connectivity index (χ4n) is 3.07. The number of hydrogen-bond acceptors (Lipinski definition) is 4. The fraction of sp³-hybridized carbons (Fsp3) is 0.333. The second-order valence-electron chi connectivity index (χ2n) is 6.76. The van der Waals surface area contributed by atoms with Gasteiger partial charge < -0.3 is 19.9 Å². The zero-order valence-electron chi connectivity index (χ0n) is 15.5. The molecule has 0 atom stereocenters. The molecule has 3 rings (SSSR count). The Kier molecular flexibility index (Phi) is 5.76. The average molecular weight is 369 g/mol. The summed E-state index contributed by atoms with van der Waals surface area (Å²) in [6.45, 7) is 5.12. The second-order valence-corrected chi connectivity index (χ2v) is 6.76. The first-order valence-electron chi connectivity index (χ1n) is 8.94. The normalized spacial score (nSPS) is 14.6. The molecule has 1 amide bonds. The molecule has 6 nitrogen and oxygen atoms in total. The minimum atomic E-state index is -1.06. The molecule has 0 spiro atoms. The molecule has 2 aromatic carbocycles. The van der Waals surface area contributed by atoms with Gasteiger partial charge >= 0.3 is 5.97 Å². The number of hydrogen-bond donors (Lipinski definition) is 2. The van der Waals surface area contributed by atoms with E-state index in [2.05, 4.69) is 5.32 Å². The number of rotatable bonds is 5. The lowest BCUT2D eigenvalue weighted by atomic mass is 10.1. The maximum atomic E-state index is 12.5. The van der Waals surface area contributed by atoms with Crippen LogP contribution in [0.1, 0.15) is 44.7 Å². The molecule has 1 heterocycles. The van der Waals surface area contributed by atoms with Gasteiger partial charge in [-0.3, -0.25) is 4.79 Å². The van der Waals surface area contributed by atoms with E-state index in [9.17, 15) is 9.59 Å². The van der Waals surface area contributed by atoms with Gasteiger partial charge in [0, 0.05) is 24.1 Å². The van der Waals surface area contributed by atoms with E-state index in [4.69, 9.17) is 14.6 Å². The highest BCUT2D eigenvalue weighted by atomic mass is 16.5. The molecule has 0 aliphatic carbocycles. The Bertz CT molecular complexity index is 856. The fourth-order valence-corrected chi connectivity index (χ4v) is 3.07. The largest absolute Gasteiger partial charge is 0.490 e. The Morgan fingerprint density at radius 2 is 1.78 bits per heavy atom. The van der Waals surface area contributed by atoms with Gasteiger partial charge in [0.2, 0.25) is 0 Å². The van der Waals surface area contributed by atoms with Crippen molar-refractivity contribution in [3.05, 3.63) is 58.7 Å². The van der Waals surface area contributed by atoms with E-state index in [0.29, 0.717) is 24.5 Å². The lowest BCUT2D eigenvalue weighted by molar-refractivity contribution is 0.0253. The second kappa shape index (κ2) is 8.22. The lowest BCUT2D eigenvalue weighted by Crippen LogP contribution is -2.26. The standard InChI is InChI=1S/C21H23NO5/c1-13-9-15(12-16(10-13)21(24)25)20(23)22-17-3-4-19(14(2)11-17)27-18-5-7-26-8-6-18/h3-4,9-12,18H,5-8H2,1-2H3,(H,22,23)(H,24,25). The summed E-state index contributed by atoms with van der Waals surface area (Å²) in [7, 11) is 0. The number of carbonyl (C=O) groups is 2. The van der Waals surface area contributed by atoms with Crippen LogP contribution >= 0.6 is 0 Å². The molecule has 0 saturated carbocycles. The van der Waals surface area contributed by atoms with Crippen LogP contribution in [0, 0.1) is 13.8 Å². The summed E-state index contributed by atoms with van der Waals surface area (Å²) >= 11 is 0. The maximum absolute atomic E-state index is 12.5. The molecular weight excluding hydrogens is 346 g/mol. The van der Waals surface area contributed by atoms with E-state index >= 15 is 0 Å². The smallest absolute Gasteiger partial charge is 0.335 e. The highest BCUT2D eigenvalue weighted by molar-refractivity contribution is 6.05. The molecule has 1 aliphatic heterocycles. The number of amides is 1. The van der Waals surface area contributed by atoms with E-state index in [-0.39, 0.29) is 17.6 Å². The maximum Gasteiger partial charge on any atom is 0.335 e. The van der Waals surface area contributed by atoms with Gasteiger partial charge in [0.05, 0.1) is 18.8 Å². The average Bonchev–Trinajstić information content (AvgIpc) is 2.64. The molecule has 1 saturated heterocycles. The first-order chi connectivity index (χ1) is 12.9. The molecule has 0 aromatic heterocycles. The van der Waals surface area contributed by atoms with Crippen molar-refractivity contribution in [2.24, 2.45) is 0 Å². The molecule has 2 aromatic rings. The minimum absolute atomic E-state index is 0.0940. The van der Waals surface area contributed by atoms with Crippen molar-refractivity contribution in [3.8, 4) is 5.75 Å². The van der Waals surface area contributed by atoms with Crippen molar-refractivity contribution in [2.45, 2.75) is 32.8 Å². The molecule has 1 aliphatic rings. The van der Waals surface area contributed by atoms with Crippen molar-refractivity contribution >= 4 is 17.6 Å². The number of nitrogens with one attached hydrogen (secondary N) is 1. The van der Waals surface area contributed by atoms with Gasteiger partial charge in [0.1, 0.15) is 11.9 Å². The molecular formula is C21H23NO5. The molecule has 1 fully saturated rings. The van der Waals surface area contributed by atoms with Gasteiger partial charge in [-0.05, 0) is 61.4 Å².